The Hall–Kier alpha value is -0.910. The molecule has 0 bridgehead atoms. The van der Waals surface area contributed by atoms with Gasteiger partial charge in [0.15, 0.2) is 0 Å². The molecule has 1 aromatic rings. The van der Waals surface area contributed by atoms with E-state index in [0.29, 0.717) is 0 Å². The van der Waals surface area contributed by atoms with E-state index in [-0.39, 0.29) is 0 Å². The molecular formula is C10H19N5. The van der Waals surface area contributed by atoms with Crippen molar-refractivity contribution in [2.75, 3.05) is 39.3 Å². The lowest BCUT2D eigenvalue weighted by Gasteiger charge is -2.20. The molecule has 1 aliphatic heterocycles. The molecule has 2 rings (SSSR count). The molecule has 84 valence electrons. The number of aromatic nitrogens is 2. The van der Waals surface area contributed by atoms with Crippen molar-refractivity contribution >= 4 is 0 Å². The fourth-order valence-corrected chi connectivity index (χ4v) is 1.78. The second-order valence-corrected chi connectivity index (χ2v) is 3.84. The molecule has 0 spiro atoms. The van der Waals surface area contributed by atoms with Crippen LogP contribution in [-0.2, 0) is 6.54 Å². The Kier molecular flexibility index (Phi) is 4.13. The monoisotopic (exact) mass is 209 g/mol. The average molecular weight is 209 g/mol. The van der Waals surface area contributed by atoms with E-state index >= 15 is 0 Å². The summed E-state index contributed by atoms with van der Waals surface area (Å²) in [6, 6.07) is 2.04. The first-order chi connectivity index (χ1) is 7.45. The van der Waals surface area contributed by atoms with E-state index in [9.17, 15) is 0 Å². The third-order valence-electron chi connectivity index (χ3n) is 2.63. The molecule has 5 nitrogen and oxygen atoms in total. The van der Waals surface area contributed by atoms with Crippen LogP contribution in [0.3, 0.4) is 0 Å². The normalized spacial score (nSPS) is 20.5. The number of aromatic amines is 1. The summed E-state index contributed by atoms with van der Waals surface area (Å²) in [7, 11) is 0. The fraction of sp³-hybridized carbons (Fsp3) is 0.700. The molecule has 1 saturated heterocycles. The van der Waals surface area contributed by atoms with Crippen LogP contribution in [0, 0.1) is 0 Å². The van der Waals surface area contributed by atoms with E-state index in [0.717, 1.165) is 51.5 Å². The number of H-pyrrole nitrogens is 1. The van der Waals surface area contributed by atoms with Gasteiger partial charge in [-0.2, -0.15) is 5.10 Å². The molecule has 3 N–H and O–H groups in total. The Bertz CT molecular complexity index is 249. The lowest BCUT2D eigenvalue weighted by Crippen LogP contribution is -2.33. The molecule has 1 fully saturated rings. The molecule has 0 radical (unpaired) electrons. The molecule has 1 aliphatic rings. The Balaban J connectivity index is 1.82. The smallest absolute Gasteiger partial charge is 0.0762 e. The number of hydrogen-bond donors (Lipinski definition) is 3. The summed E-state index contributed by atoms with van der Waals surface area (Å²) in [5.41, 5.74) is 1.12. The van der Waals surface area contributed by atoms with Crippen LogP contribution >= 0.6 is 0 Å². The number of nitrogens with zero attached hydrogens (tertiary/aromatic N) is 2. The van der Waals surface area contributed by atoms with Crippen molar-refractivity contribution in [2.45, 2.75) is 6.54 Å². The van der Waals surface area contributed by atoms with Gasteiger partial charge in [-0.15, -0.1) is 0 Å². The van der Waals surface area contributed by atoms with E-state index < -0.39 is 0 Å². The Labute approximate surface area is 90.2 Å². The summed E-state index contributed by atoms with van der Waals surface area (Å²) in [5.74, 6) is 0. The lowest BCUT2D eigenvalue weighted by molar-refractivity contribution is 0.269. The van der Waals surface area contributed by atoms with Crippen LogP contribution in [0.1, 0.15) is 5.69 Å². The summed E-state index contributed by atoms with van der Waals surface area (Å²) < 4.78 is 0. The molecule has 5 heteroatoms. The zero-order valence-electron chi connectivity index (χ0n) is 9.00. The van der Waals surface area contributed by atoms with Crippen molar-refractivity contribution in [2.24, 2.45) is 0 Å². The minimum Gasteiger partial charge on any atom is -0.314 e. The van der Waals surface area contributed by atoms with Gasteiger partial charge in [0, 0.05) is 52.0 Å². The fourth-order valence-electron chi connectivity index (χ4n) is 1.78. The van der Waals surface area contributed by atoms with Crippen molar-refractivity contribution < 1.29 is 0 Å². The maximum absolute atomic E-state index is 4.18. The second kappa shape index (κ2) is 5.85. The van der Waals surface area contributed by atoms with Gasteiger partial charge in [-0.1, -0.05) is 0 Å². The molecule has 0 aromatic carbocycles. The summed E-state index contributed by atoms with van der Waals surface area (Å²) >= 11 is 0. The molecule has 0 unspecified atom stereocenters. The molecule has 0 atom stereocenters. The predicted molar refractivity (Wildman–Crippen MR) is 59.6 cm³/mol. The highest BCUT2D eigenvalue weighted by Crippen LogP contribution is 1.99. The first kappa shape index (κ1) is 10.6. The van der Waals surface area contributed by atoms with Gasteiger partial charge in [0.25, 0.3) is 0 Å². The van der Waals surface area contributed by atoms with E-state index in [1.54, 1.807) is 0 Å². The summed E-state index contributed by atoms with van der Waals surface area (Å²) in [4.78, 5) is 2.42. The Morgan fingerprint density at radius 3 is 2.47 bits per heavy atom. The quantitative estimate of drug-likeness (QED) is 0.609. The molecular weight excluding hydrogens is 190 g/mol. The Morgan fingerprint density at radius 2 is 1.87 bits per heavy atom. The SMILES string of the molecule is c1cc(CN2CCNCCNCC2)n[nH]1. The highest BCUT2D eigenvalue weighted by Gasteiger charge is 2.07. The maximum Gasteiger partial charge on any atom is 0.0762 e. The third kappa shape index (κ3) is 3.62. The largest absolute Gasteiger partial charge is 0.314 e. The minimum absolute atomic E-state index is 0.937. The maximum atomic E-state index is 4.18. The van der Waals surface area contributed by atoms with E-state index in [4.69, 9.17) is 0 Å². The molecule has 2 heterocycles. The molecule has 0 saturated carbocycles. The summed E-state index contributed by atoms with van der Waals surface area (Å²) in [6.45, 7) is 7.38. The van der Waals surface area contributed by atoms with Gasteiger partial charge in [0.1, 0.15) is 0 Å². The van der Waals surface area contributed by atoms with Gasteiger partial charge in [0.2, 0.25) is 0 Å². The van der Waals surface area contributed by atoms with Crippen LogP contribution in [0.5, 0.6) is 0 Å². The number of nitrogens with one attached hydrogen (secondary N) is 3. The first-order valence-corrected chi connectivity index (χ1v) is 5.57. The van der Waals surface area contributed by atoms with Crippen molar-refractivity contribution in [1.29, 1.82) is 0 Å². The lowest BCUT2D eigenvalue weighted by atomic mass is 10.3. The van der Waals surface area contributed by atoms with Crippen LogP contribution in [0.4, 0.5) is 0 Å². The van der Waals surface area contributed by atoms with E-state index in [2.05, 4.69) is 25.7 Å². The predicted octanol–water partition coefficient (Wildman–Crippen LogP) is -0.595. The van der Waals surface area contributed by atoms with E-state index in [1.807, 2.05) is 12.3 Å². The van der Waals surface area contributed by atoms with Gasteiger partial charge in [-0.25, -0.2) is 0 Å². The van der Waals surface area contributed by atoms with Gasteiger partial charge < -0.3 is 10.6 Å². The zero-order valence-corrected chi connectivity index (χ0v) is 9.00. The van der Waals surface area contributed by atoms with Crippen molar-refractivity contribution in [1.82, 2.24) is 25.7 Å². The minimum atomic E-state index is 0.937. The summed E-state index contributed by atoms with van der Waals surface area (Å²) in [5, 5.41) is 13.8. The van der Waals surface area contributed by atoms with Gasteiger partial charge in [-0.05, 0) is 6.07 Å². The highest BCUT2D eigenvalue weighted by atomic mass is 15.2. The van der Waals surface area contributed by atoms with Gasteiger partial charge in [0.05, 0.1) is 5.69 Å². The van der Waals surface area contributed by atoms with Crippen LogP contribution in [0.25, 0.3) is 0 Å². The van der Waals surface area contributed by atoms with E-state index in [1.165, 1.54) is 0 Å². The van der Waals surface area contributed by atoms with Gasteiger partial charge in [-0.3, -0.25) is 10.00 Å². The molecule has 0 aliphatic carbocycles. The van der Waals surface area contributed by atoms with Crippen LogP contribution in [-0.4, -0.2) is 54.4 Å². The highest BCUT2D eigenvalue weighted by molar-refractivity contribution is 4.97. The number of rotatable bonds is 2. The molecule has 1 aromatic heterocycles. The Morgan fingerprint density at radius 1 is 1.13 bits per heavy atom. The average Bonchev–Trinajstić information content (AvgIpc) is 2.75. The zero-order chi connectivity index (χ0) is 10.3. The van der Waals surface area contributed by atoms with Crippen molar-refractivity contribution in [3.8, 4) is 0 Å². The number of hydrogen-bond acceptors (Lipinski definition) is 4. The van der Waals surface area contributed by atoms with Crippen LogP contribution in [0.15, 0.2) is 12.3 Å². The van der Waals surface area contributed by atoms with Crippen LogP contribution in [0.2, 0.25) is 0 Å². The van der Waals surface area contributed by atoms with Gasteiger partial charge >= 0.3 is 0 Å². The molecule has 15 heavy (non-hydrogen) atoms. The van der Waals surface area contributed by atoms with Crippen molar-refractivity contribution in [3.05, 3.63) is 18.0 Å². The summed E-state index contributed by atoms with van der Waals surface area (Å²) in [6.07, 6.45) is 1.88. The standard InChI is InChI=1S/C10H19N5/c1-2-13-14-10(1)9-15-7-5-11-3-4-12-6-8-15/h1-2,11-12H,3-9H2,(H,13,14). The van der Waals surface area contributed by atoms with Crippen molar-refractivity contribution in [3.63, 3.8) is 0 Å². The second-order valence-electron chi connectivity index (χ2n) is 3.84. The molecule has 0 amide bonds. The first-order valence-electron chi connectivity index (χ1n) is 5.57. The third-order valence-corrected chi connectivity index (χ3v) is 2.63. The van der Waals surface area contributed by atoms with Crippen LogP contribution < -0.4 is 10.6 Å². The topological polar surface area (TPSA) is 56.0 Å².